The Hall–Kier alpha value is -3.38. The van der Waals surface area contributed by atoms with Crippen molar-refractivity contribution in [2.24, 2.45) is 0 Å². The van der Waals surface area contributed by atoms with Gasteiger partial charge in [0.25, 0.3) is 0 Å². The van der Waals surface area contributed by atoms with Crippen LogP contribution in [0.1, 0.15) is 25.2 Å². The number of benzene rings is 3. The molecule has 2 N–H and O–H groups in total. The van der Waals surface area contributed by atoms with Crippen LogP contribution in [0.5, 0.6) is 11.5 Å². The Bertz CT molecular complexity index is 1190. The minimum atomic E-state index is -1.24. The highest BCUT2D eigenvalue weighted by molar-refractivity contribution is 7.89. The van der Waals surface area contributed by atoms with E-state index < -0.39 is 11.0 Å². The lowest BCUT2D eigenvalue weighted by atomic mass is 10.1. The Balaban J connectivity index is 1.44. The number of hydrogen-bond donors (Lipinski definition) is 2. The largest absolute Gasteiger partial charge is 0.457 e. The second-order valence-corrected chi connectivity index (χ2v) is 8.28. The number of nitrogens with one attached hydrogen (secondary N) is 2. The van der Waals surface area contributed by atoms with Crippen LogP contribution in [0, 0.1) is 0 Å². The third-order valence-corrected chi connectivity index (χ3v) is 5.49. The van der Waals surface area contributed by atoms with Crippen molar-refractivity contribution in [2.45, 2.75) is 20.3 Å². The van der Waals surface area contributed by atoms with Crippen molar-refractivity contribution in [1.29, 1.82) is 0 Å². The number of H-pyrrole nitrogens is 1. The first kappa shape index (κ1) is 19.9. The fraction of sp³-hybridized carbons (Fsp3) is 0.125. The molecule has 5 nitrogen and oxygen atoms in total. The molecular weight excluding hydrogens is 394 g/mol. The summed E-state index contributed by atoms with van der Waals surface area (Å²) in [5.41, 5.74) is 4.72. The maximum absolute atomic E-state index is 12.0. The number of allylic oxidation sites excluding steroid dienone is 1. The van der Waals surface area contributed by atoms with E-state index in [1.165, 1.54) is 0 Å². The molecule has 0 bridgehead atoms. The fourth-order valence-electron chi connectivity index (χ4n) is 3.06. The standard InChI is InChI=1S/C24H23N3O2S/c1-17(2)16-30(28)27-19-10-13-22-23(15-19)26-24(25-22)14-18-8-11-21(12-9-18)29-20-6-4-3-5-7-20/h3-13,15-16,27H,14H2,1-2H3,(H,25,26). The zero-order chi connectivity index (χ0) is 20.9. The minimum Gasteiger partial charge on any atom is -0.457 e. The molecule has 0 spiro atoms. The zero-order valence-corrected chi connectivity index (χ0v) is 17.7. The van der Waals surface area contributed by atoms with Crippen LogP contribution < -0.4 is 9.46 Å². The third kappa shape index (κ3) is 5.15. The third-order valence-electron chi connectivity index (χ3n) is 4.37. The number of nitrogens with zero attached hydrogens (tertiary/aromatic N) is 1. The summed E-state index contributed by atoms with van der Waals surface area (Å²) in [4.78, 5) is 8.02. The van der Waals surface area contributed by atoms with Crippen molar-refractivity contribution >= 4 is 27.7 Å². The van der Waals surface area contributed by atoms with E-state index in [1.807, 2.05) is 86.6 Å². The average Bonchev–Trinajstić information content (AvgIpc) is 3.11. The van der Waals surface area contributed by atoms with Crippen LogP contribution in [0.2, 0.25) is 0 Å². The highest BCUT2D eigenvalue weighted by atomic mass is 32.2. The lowest BCUT2D eigenvalue weighted by Crippen LogP contribution is -2.00. The van der Waals surface area contributed by atoms with E-state index in [2.05, 4.69) is 14.7 Å². The number of rotatable bonds is 7. The molecule has 1 atom stereocenters. The summed E-state index contributed by atoms with van der Waals surface area (Å²) in [6, 6.07) is 23.5. The fourth-order valence-corrected chi connectivity index (χ4v) is 3.91. The van der Waals surface area contributed by atoms with Gasteiger partial charge in [0.2, 0.25) is 0 Å². The first-order valence-electron chi connectivity index (χ1n) is 9.68. The molecule has 0 aliphatic heterocycles. The monoisotopic (exact) mass is 417 g/mol. The van der Waals surface area contributed by atoms with E-state index in [4.69, 9.17) is 4.74 Å². The van der Waals surface area contributed by atoms with Crippen molar-refractivity contribution < 1.29 is 8.95 Å². The number of anilines is 1. The molecule has 0 aliphatic rings. The Kier molecular flexibility index (Phi) is 5.95. The van der Waals surface area contributed by atoms with Gasteiger partial charge in [-0.1, -0.05) is 35.9 Å². The van der Waals surface area contributed by atoms with E-state index in [-0.39, 0.29) is 0 Å². The molecule has 0 radical (unpaired) electrons. The summed E-state index contributed by atoms with van der Waals surface area (Å²) < 4.78 is 20.9. The van der Waals surface area contributed by atoms with Crippen LogP contribution in [-0.4, -0.2) is 14.2 Å². The van der Waals surface area contributed by atoms with Gasteiger partial charge >= 0.3 is 0 Å². The lowest BCUT2D eigenvalue weighted by Gasteiger charge is -2.06. The van der Waals surface area contributed by atoms with Crippen molar-refractivity contribution in [3.63, 3.8) is 0 Å². The number of aromatic nitrogens is 2. The topological polar surface area (TPSA) is 67.0 Å². The van der Waals surface area contributed by atoms with Gasteiger partial charge in [0.05, 0.1) is 11.0 Å². The van der Waals surface area contributed by atoms with Gasteiger partial charge in [0, 0.05) is 17.5 Å². The van der Waals surface area contributed by atoms with E-state index in [1.54, 1.807) is 5.41 Å². The van der Waals surface area contributed by atoms with Gasteiger partial charge in [-0.2, -0.15) is 0 Å². The molecule has 1 aromatic heterocycles. The molecule has 4 aromatic rings. The molecule has 4 rings (SSSR count). The Morgan fingerprint density at radius 3 is 2.50 bits per heavy atom. The minimum absolute atomic E-state index is 0.687. The second kappa shape index (κ2) is 8.97. The van der Waals surface area contributed by atoms with E-state index in [0.29, 0.717) is 6.42 Å². The number of para-hydroxylation sites is 1. The van der Waals surface area contributed by atoms with Crippen LogP contribution in [0.15, 0.2) is 83.8 Å². The Morgan fingerprint density at radius 2 is 1.77 bits per heavy atom. The normalized spacial score (nSPS) is 11.8. The number of imidazole rings is 1. The summed E-state index contributed by atoms with van der Waals surface area (Å²) in [7, 11) is -1.24. The Labute approximate surface area is 178 Å². The first-order chi connectivity index (χ1) is 14.5. The van der Waals surface area contributed by atoms with Gasteiger partial charge < -0.3 is 14.4 Å². The summed E-state index contributed by atoms with van der Waals surface area (Å²) in [6.07, 6.45) is 0.687. The van der Waals surface area contributed by atoms with Gasteiger partial charge in [-0.3, -0.25) is 0 Å². The molecule has 152 valence electrons. The molecule has 0 aliphatic carbocycles. The highest BCUT2D eigenvalue weighted by Gasteiger charge is 2.07. The van der Waals surface area contributed by atoms with Gasteiger partial charge in [0.1, 0.15) is 28.3 Å². The predicted molar refractivity (Wildman–Crippen MR) is 123 cm³/mol. The summed E-state index contributed by atoms with van der Waals surface area (Å²) in [5.74, 6) is 2.50. The second-order valence-electron chi connectivity index (χ2n) is 7.25. The van der Waals surface area contributed by atoms with E-state index >= 15 is 0 Å². The quantitative estimate of drug-likeness (QED) is 0.391. The van der Waals surface area contributed by atoms with Crippen LogP contribution in [0.25, 0.3) is 11.0 Å². The summed E-state index contributed by atoms with van der Waals surface area (Å²) >= 11 is 0. The highest BCUT2D eigenvalue weighted by Crippen LogP contribution is 2.23. The van der Waals surface area contributed by atoms with Gasteiger partial charge in [-0.25, -0.2) is 9.19 Å². The molecule has 0 saturated carbocycles. The van der Waals surface area contributed by atoms with Crippen molar-refractivity contribution in [3.8, 4) is 11.5 Å². The molecule has 30 heavy (non-hydrogen) atoms. The van der Waals surface area contributed by atoms with Crippen molar-refractivity contribution in [3.05, 3.63) is 95.2 Å². The smallest absolute Gasteiger partial charge is 0.142 e. The lowest BCUT2D eigenvalue weighted by molar-refractivity contribution is 0.482. The van der Waals surface area contributed by atoms with Gasteiger partial charge in [0.15, 0.2) is 0 Å². The zero-order valence-electron chi connectivity index (χ0n) is 16.9. The average molecular weight is 418 g/mol. The number of fused-ring (bicyclic) bond motifs is 1. The van der Waals surface area contributed by atoms with Gasteiger partial charge in [-0.05, 0) is 61.9 Å². The van der Waals surface area contributed by atoms with E-state index in [0.717, 1.165) is 45.2 Å². The van der Waals surface area contributed by atoms with Gasteiger partial charge in [-0.15, -0.1) is 0 Å². The number of ether oxygens (including phenoxy) is 1. The van der Waals surface area contributed by atoms with E-state index in [9.17, 15) is 4.21 Å². The molecule has 0 saturated heterocycles. The Morgan fingerprint density at radius 1 is 1.03 bits per heavy atom. The molecule has 1 unspecified atom stereocenters. The SMILES string of the molecule is CC(C)=CS(=O)Nc1ccc2nc(Cc3ccc(Oc4ccccc4)cc3)[nH]c2c1. The maximum atomic E-state index is 12.0. The van der Waals surface area contributed by atoms with Crippen LogP contribution in [0.3, 0.4) is 0 Å². The maximum Gasteiger partial charge on any atom is 0.142 e. The summed E-state index contributed by atoms with van der Waals surface area (Å²) in [6.45, 7) is 3.84. The predicted octanol–water partition coefficient (Wildman–Crippen LogP) is 5.95. The number of hydrogen-bond acceptors (Lipinski definition) is 3. The van der Waals surface area contributed by atoms with Crippen LogP contribution in [-0.2, 0) is 17.4 Å². The molecular formula is C24H23N3O2S. The molecule has 3 aromatic carbocycles. The molecule has 1 heterocycles. The molecule has 6 heteroatoms. The number of aromatic amines is 1. The van der Waals surface area contributed by atoms with Crippen molar-refractivity contribution in [2.75, 3.05) is 4.72 Å². The first-order valence-corrected chi connectivity index (χ1v) is 10.9. The van der Waals surface area contributed by atoms with Crippen LogP contribution >= 0.6 is 0 Å². The molecule has 0 fully saturated rings. The summed E-state index contributed by atoms with van der Waals surface area (Å²) in [5, 5.41) is 1.69. The molecule has 0 amide bonds. The van der Waals surface area contributed by atoms with Crippen LogP contribution in [0.4, 0.5) is 5.69 Å². The van der Waals surface area contributed by atoms with Crippen molar-refractivity contribution in [1.82, 2.24) is 9.97 Å².